The summed E-state index contributed by atoms with van der Waals surface area (Å²) in [4.78, 5) is 24.4. The van der Waals surface area contributed by atoms with Crippen LogP contribution in [0.25, 0.3) is 11.3 Å². The molecule has 1 aliphatic rings. The van der Waals surface area contributed by atoms with E-state index >= 15 is 0 Å². The maximum Gasteiger partial charge on any atom is 0.266 e. The normalized spacial score (nSPS) is 12.0. The molecule has 2 aromatic carbocycles. The lowest BCUT2D eigenvalue weighted by Gasteiger charge is -2.09. The summed E-state index contributed by atoms with van der Waals surface area (Å²) in [5.41, 5.74) is 1.86. The summed E-state index contributed by atoms with van der Waals surface area (Å²) in [5.74, 6) is 0.985. The average molecular weight is 412 g/mol. The fourth-order valence-electron chi connectivity index (χ4n) is 2.95. The van der Waals surface area contributed by atoms with Crippen LogP contribution in [0.15, 0.2) is 59.4 Å². The van der Waals surface area contributed by atoms with Crippen LogP contribution in [-0.2, 0) is 6.54 Å². The van der Waals surface area contributed by atoms with Crippen molar-refractivity contribution in [2.45, 2.75) is 13.0 Å². The molecule has 0 bridgehead atoms. The summed E-state index contributed by atoms with van der Waals surface area (Å²) >= 11 is 5.91. The van der Waals surface area contributed by atoms with Gasteiger partial charge in [0.2, 0.25) is 6.79 Å². The highest BCUT2D eigenvalue weighted by atomic mass is 35.5. The van der Waals surface area contributed by atoms with Crippen molar-refractivity contribution in [3.63, 3.8) is 0 Å². The van der Waals surface area contributed by atoms with Gasteiger partial charge in [-0.05, 0) is 42.8 Å². The van der Waals surface area contributed by atoms with Crippen molar-refractivity contribution in [2.24, 2.45) is 0 Å². The van der Waals surface area contributed by atoms with Crippen LogP contribution in [0, 0.1) is 0 Å². The molecule has 8 heteroatoms. The van der Waals surface area contributed by atoms with Gasteiger partial charge in [-0.1, -0.05) is 23.7 Å². The predicted molar refractivity (Wildman–Crippen MR) is 108 cm³/mol. The minimum absolute atomic E-state index is 0.164. The highest BCUT2D eigenvalue weighted by molar-refractivity contribution is 6.30. The van der Waals surface area contributed by atoms with Crippen molar-refractivity contribution in [3.8, 4) is 22.8 Å². The molecule has 0 radical (unpaired) electrons. The number of aryl methyl sites for hydroxylation is 1. The first-order chi connectivity index (χ1) is 14.1. The Morgan fingerprint density at radius 3 is 2.69 bits per heavy atom. The fourth-order valence-corrected chi connectivity index (χ4v) is 3.08. The lowest BCUT2D eigenvalue weighted by molar-refractivity contribution is 0.0952. The highest BCUT2D eigenvalue weighted by Gasteiger charge is 2.16. The Hall–Kier alpha value is -3.32. The standard InChI is InChI=1S/C21H18ClN3O4/c22-16-5-2-14(3-6-16)17-7-9-20(26)25(24-17)11-1-10-23-21(27)15-4-8-18-19(12-15)29-13-28-18/h2-9,12H,1,10-11,13H2,(H,23,27). The molecule has 29 heavy (non-hydrogen) atoms. The van der Waals surface area contributed by atoms with Crippen LogP contribution in [0.2, 0.25) is 5.02 Å². The van der Waals surface area contributed by atoms with Gasteiger partial charge in [-0.25, -0.2) is 4.68 Å². The number of hydrogen-bond donors (Lipinski definition) is 1. The smallest absolute Gasteiger partial charge is 0.266 e. The molecule has 4 rings (SSSR count). The lowest BCUT2D eigenvalue weighted by atomic mass is 10.1. The van der Waals surface area contributed by atoms with Gasteiger partial charge in [-0.2, -0.15) is 5.10 Å². The van der Waals surface area contributed by atoms with E-state index in [1.807, 2.05) is 12.1 Å². The van der Waals surface area contributed by atoms with Crippen molar-refractivity contribution >= 4 is 17.5 Å². The van der Waals surface area contributed by atoms with Crippen molar-refractivity contribution in [1.82, 2.24) is 15.1 Å². The van der Waals surface area contributed by atoms with Gasteiger partial charge in [0.1, 0.15) is 0 Å². The molecular formula is C21H18ClN3O4. The maximum absolute atomic E-state index is 12.3. The number of nitrogens with zero attached hydrogens (tertiary/aromatic N) is 2. The van der Waals surface area contributed by atoms with Gasteiger partial charge < -0.3 is 14.8 Å². The first kappa shape index (κ1) is 19.0. The molecule has 0 aliphatic carbocycles. The third-order valence-corrected chi connectivity index (χ3v) is 4.73. The van der Waals surface area contributed by atoms with Gasteiger partial charge in [0, 0.05) is 35.3 Å². The Labute approximate surface area is 171 Å². The summed E-state index contributed by atoms with van der Waals surface area (Å²) in [6.45, 7) is 0.964. The van der Waals surface area contributed by atoms with E-state index in [9.17, 15) is 9.59 Å². The zero-order chi connectivity index (χ0) is 20.2. The summed E-state index contributed by atoms with van der Waals surface area (Å²) in [6, 6.07) is 15.5. The number of amides is 1. The topological polar surface area (TPSA) is 82.5 Å². The Kier molecular flexibility index (Phi) is 5.48. The SMILES string of the molecule is O=C(NCCCn1nc(-c2ccc(Cl)cc2)ccc1=O)c1ccc2c(c1)OCO2. The van der Waals surface area contributed by atoms with E-state index in [2.05, 4.69) is 10.4 Å². The Morgan fingerprint density at radius 1 is 1.07 bits per heavy atom. The first-order valence-electron chi connectivity index (χ1n) is 9.12. The van der Waals surface area contributed by atoms with Crippen LogP contribution in [0.3, 0.4) is 0 Å². The van der Waals surface area contributed by atoms with E-state index < -0.39 is 0 Å². The van der Waals surface area contributed by atoms with Gasteiger partial charge in [0.05, 0.1) is 5.69 Å². The number of benzene rings is 2. The van der Waals surface area contributed by atoms with E-state index in [1.54, 1.807) is 36.4 Å². The zero-order valence-corrected chi connectivity index (χ0v) is 16.2. The number of fused-ring (bicyclic) bond motifs is 1. The third kappa shape index (κ3) is 4.41. The summed E-state index contributed by atoms with van der Waals surface area (Å²) < 4.78 is 11.9. The molecule has 1 amide bonds. The molecule has 0 unspecified atom stereocenters. The van der Waals surface area contributed by atoms with Crippen LogP contribution in [0.4, 0.5) is 0 Å². The first-order valence-corrected chi connectivity index (χ1v) is 9.50. The molecule has 1 aliphatic heterocycles. The second kappa shape index (κ2) is 8.36. The number of carbonyl (C=O) groups excluding carboxylic acids is 1. The number of hydrogen-bond acceptors (Lipinski definition) is 5. The predicted octanol–water partition coefficient (Wildman–Crippen LogP) is 3.11. The number of halogens is 1. The largest absolute Gasteiger partial charge is 0.454 e. The van der Waals surface area contributed by atoms with Crippen molar-refractivity contribution in [1.29, 1.82) is 0 Å². The molecular weight excluding hydrogens is 394 g/mol. The minimum Gasteiger partial charge on any atom is -0.454 e. The second-order valence-electron chi connectivity index (χ2n) is 6.46. The van der Waals surface area contributed by atoms with E-state index in [0.29, 0.717) is 47.3 Å². The van der Waals surface area contributed by atoms with Crippen molar-refractivity contribution in [2.75, 3.05) is 13.3 Å². The molecule has 148 valence electrons. The van der Waals surface area contributed by atoms with Gasteiger partial charge in [0.15, 0.2) is 11.5 Å². The van der Waals surface area contributed by atoms with Crippen LogP contribution < -0.4 is 20.3 Å². The van der Waals surface area contributed by atoms with Gasteiger partial charge in [0.25, 0.3) is 11.5 Å². The third-order valence-electron chi connectivity index (χ3n) is 4.47. The quantitative estimate of drug-likeness (QED) is 0.630. The molecule has 0 atom stereocenters. The maximum atomic E-state index is 12.3. The number of rotatable bonds is 6. The van der Waals surface area contributed by atoms with Crippen LogP contribution in [0.5, 0.6) is 11.5 Å². The fraction of sp³-hybridized carbons (Fsp3) is 0.190. The van der Waals surface area contributed by atoms with E-state index in [1.165, 1.54) is 10.7 Å². The van der Waals surface area contributed by atoms with Crippen LogP contribution >= 0.6 is 11.6 Å². The Bertz CT molecular complexity index is 1100. The second-order valence-corrected chi connectivity index (χ2v) is 6.90. The summed E-state index contributed by atoms with van der Waals surface area (Å²) in [6.07, 6.45) is 0.563. The molecule has 2 heterocycles. The Morgan fingerprint density at radius 2 is 1.86 bits per heavy atom. The van der Waals surface area contributed by atoms with Gasteiger partial charge in [-0.15, -0.1) is 0 Å². The molecule has 1 N–H and O–H groups in total. The zero-order valence-electron chi connectivity index (χ0n) is 15.4. The summed E-state index contributed by atoms with van der Waals surface area (Å²) in [7, 11) is 0. The van der Waals surface area contributed by atoms with Crippen molar-refractivity contribution in [3.05, 3.63) is 75.5 Å². The molecule has 0 spiro atoms. The molecule has 7 nitrogen and oxygen atoms in total. The van der Waals surface area contributed by atoms with Crippen molar-refractivity contribution < 1.29 is 14.3 Å². The van der Waals surface area contributed by atoms with E-state index in [0.717, 1.165) is 5.56 Å². The highest BCUT2D eigenvalue weighted by Crippen LogP contribution is 2.32. The molecule has 0 saturated heterocycles. The molecule has 3 aromatic rings. The molecule has 0 saturated carbocycles. The monoisotopic (exact) mass is 411 g/mol. The van der Waals surface area contributed by atoms with Gasteiger partial charge >= 0.3 is 0 Å². The van der Waals surface area contributed by atoms with Gasteiger partial charge in [-0.3, -0.25) is 9.59 Å². The molecule has 1 aromatic heterocycles. The van der Waals surface area contributed by atoms with Crippen LogP contribution in [0.1, 0.15) is 16.8 Å². The van der Waals surface area contributed by atoms with E-state index in [4.69, 9.17) is 21.1 Å². The lowest BCUT2D eigenvalue weighted by Crippen LogP contribution is -2.28. The molecule has 0 fully saturated rings. The summed E-state index contributed by atoms with van der Waals surface area (Å²) in [5, 5.41) is 7.88. The number of nitrogens with one attached hydrogen (secondary N) is 1. The number of ether oxygens (including phenoxy) is 2. The minimum atomic E-state index is -0.210. The number of aromatic nitrogens is 2. The number of carbonyl (C=O) groups is 1. The van der Waals surface area contributed by atoms with Crippen LogP contribution in [-0.4, -0.2) is 29.0 Å². The Balaban J connectivity index is 1.34. The average Bonchev–Trinajstić information content (AvgIpc) is 3.21. The van der Waals surface area contributed by atoms with E-state index in [-0.39, 0.29) is 18.3 Å².